The standard InChI is InChI=1S/C43H26N4O/c48-42-32-20-10-9-19-31(32)35-25-36-34-23-28-15-7-8-16-29(28)24-38(34)47(40(36)26-39(35)46(42)30-17-5-2-6-18-30)43-44-37-22-12-11-21-33(37)41(45-43)27-13-3-1-4-14-27/h1-26H. The summed E-state index contributed by atoms with van der Waals surface area (Å²) in [6.45, 7) is 0. The van der Waals surface area contributed by atoms with Crippen LogP contribution in [0.5, 0.6) is 0 Å². The molecule has 0 fully saturated rings. The molecule has 0 aliphatic rings. The third-order valence-corrected chi connectivity index (χ3v) is 9.49. The zero-order chi connectivity index (χ0) is 31.8. The Balaban J connectivity index is 1.42. The molecule has 3 heterocycles. The summed E-state index contributed by atoms with van der Waals surface area (Å²) in [7, 11) is 0. The van der Waals surface area contributed by atoms with Crippen LogP contribution in [0.1, 0.15) is 0 Å². The van der Waals surface area contributed by atoms with Crippen LogP contribution >= 0.6 is 0 Å². The second kappa shape index (κ2) is 10.2. The molecule has 0 N–H and O–H groups in total. The number of nitrogens with zero attached hydrogens (tertiary/aromatic N) is 4. The van der Waals surface area contributed by atoms with Crippen molar-refractivity contribution in [2.24, 2.45) is 0 Å². The van der Waals surface area contributed by atoms with Gasteiger partial charge in [0.05, 0.1) is 27.8 Å². The largest absolute Gasteiger partial charge is 0.278 e. The zero-order valence-corrected chi connectivity index (χ0v) is 25.7. The summed E-state index contributed by atoms with van der Waals surface area (Å²) in [6, 6.07) is 53.6. The molecule has 5 nitrogen and oxygen atoms in total. The van der Waals surface area contributed by atoms with Crippen molar-refractivity contribution in [3.05, 3.63) is 168 Å². The summed E-state index contributed by atoms with van der Waals surface area (Å²) < 4.78 is 4.01. The minimum atomic E-state index is -0.0506. The van der Waals surface area contributed by atoms with Crippen LogP contribution in [-0.4, -0.2) is 19.1 Å². The molecule has 5 heteroatoms. The van der Waals surface area contributed by atoms with E-state index < -0.39 is 0 Å². The Labute approximate surface area is 274 Å². The number of aromatic nitrogens is 4. The van der Waals surface area contributed by atoms with Gasteiger partial charge in [0.25, 0.3) is 5.56 Å². The maximum atomic E-state index is 14.2. The lowest BCUT2D eigenvalue weighted by Crippen LogP contribution is -2.19. The fourth-order valence-electron chi connectivity index (χ4n) is 7.30. The van der Waals surface area contributed by atoms with Gasteiger partial charge >= 0.3 is 0 Å². The number of benzene rings is 7. The molecule has 0 unspecified atom stereocenters. The van der Waals surface area contributed by atoms with Crippen molar-refractivity contribution < 1.29 is 0 Å². The minimum Gasteiger partial charge on any atom is -0.278 e. The van der Waals surface area contributed by atoms with Crippen molar-refractivity contribution in [3.8, 4) is 22.9 Å². The molecule has 0 saturated heterocycles. The number of fused-ring (bicyclic) bond motifs is 8. The van der Waals surface area contributed by atoms with E-state index in [0.717, 1.165) is 76.7 Å². The van der Waals surface area contributed by atoms with Crippen LogP contribution in [-0.2, 0) is 0 Å². The van der Waals surface area contributed by atoms with Gasteiger partial charge in [-0.25, -0.2) is 9.97 Å². The summed E-state index contributed by atoms with van der Waals surface area (Å²) >= 11 is 0. The lowest BCUT2D eigenvalue weighted by molar-refractivity contribution is 1.01. The average Bonchev–Trinajstić information content (AvgIpc) is 3.45. The first-order valence-corrected chi connectivity index (χ1v) is 16.1. The molecule has 0 aliphatic carbocycles. The minimum absolute atomic E-state index is 0.0506. The summed E-state index contributed by atoms with van der Waals surface area (Å²) in [4.78, 5) is 24.7. The van der Waals surface area contributed by atoms with Crippen LogP contribution in [0.25, 0.3) is 88.0 Å². The Morgan fingerprint density at radius 2 is 0.979 bits per heavy atom. The van der Waals surface area contributed by atoms with E-state index >= 15 is 0 Å². The van der Waals surface area contributed by atoms with Crippen LogP contribution in [0.15, 0.2) is 163 Å². The third-order valence-electron chi connectivity index (χ3n) is 9.49. The van der Waals surface area contributed by atoms with E-state index in [1.807, 2.05) is 95.6 Å². The number of hydrogen-bond acceptors (Lipinski definition) is 3. The van der Waals surface area contributed by atoms with Gasteiger partial charge in [0.2, 0.25) is 5.95 Å². The zero-order valence-electron chi connectivity index (χ0n) is 25.7. The summed E-state index contributed by atoms with van der Waals surface area (Å²) in [5.41, 5.74) is 6.30. The maximum Gasteiger partial charge on any atom is 0.263 e. The van der Waals surface area contributed by atoms with Crippen molar-refractivity contribution >= 4 is 65.2 Å². The van der Waals surface area contributed by atoms with Crippen molar-refractivity contribution in [2.45, 2.75) is 0 Å². The summed E-state index contributed by atoms with van der Waals surface area (Å²) in [5.74, 6) is 0.580. The van der Waals surface area contributed by atoms with E-state index in [2.05, 4.69) is 71.3 Å². The monoisotopic (exact) mass is 614 g/mol. The van der Waals surface area contributed by atoms with E-state index in [0.29, 0.717) is 11.3 Å². The molecule has 0 atom stereocenters. The average molecular weight is 615 g/mol. The Kier molecular flexibility index (Phi) is 5.66. The molecule has 0 radical (unpaired) electrons. The predicted molar refractivity (Wildman–Crippen MR) is 197 cm³/mol. The fourth-order valence-corrected chi connectivity index (χ4v) is 7.30. The SMILES string of the molecule is O=c1c2ccccc2c2cc3c4cc5ccccc5cc4n(-c4nc(-c5ccccc5)c5ccccc5n4)c3cc2n1-c1ccccc1. The molecule has 3 aromatic heterocycles. The Morgan fingerprint density at radius 3 is 1.77 bits per heavy atom. The Morgan fingerprint density at radius 1 is 0.417 bits per heavy atom. The van der Waals surface area contributed by atoms with Crippen LogP contribution in [0.4, 0.5) is 0 Å². The van der Waals surface area contributed by atoms with Crippen molar-refractivity contribution in [3.63, 3.8) is 0 Å². The van der Waals surface area contributed by atoms with Crippen LogP contribution in [0.3, 0.4) is 0 Å². The molecule has 0 amide bonds. The Bertz CT molecular complexity index is 2960. The van der Waals surface area contributed by atoms with E-state index in [9.17, 15) is 4.79 Å². The normalized spacial score (nSPS) is 11.8. The number of para-hydroxylation sites is 2. The molecular formula is C43H26N4O. The first kappa shape index (κ1) is 26.6. The smallest absolute Gasteiger partial charge is 0.263 e. The first-order chi connectivity index (χ1) is 23.7. The highest BCUT2D eigenvalue weighted by atomic mass is 16.1. The second-order valence-electron chi connectivity index (χ2n) is 12.2. The van der Waals surface area contributed by atoms with Gasteiger partial charge in [0.15, 0.2) is 0 Å². The van der Waals surface area contributed by atoms with Crippen molar-refractivity contribution in [1.29, 1.82) is 0 Å². The molecule has 10 rings (SSSR count). The van der Waals surface area contributed by atoms with Crippen LogP contribution < -0.4 is 5.56 Å². The van der Waals surface area contributed by atoms with Crippen LogP contribution in [0, 0.1) is 0 Å². The lowest BCUT2D eigenvalue weighted by Gasteiger charge is -2.15. The molecule has 0 spiro atoms. The molecule has 0 bridgehead atoms. The highest BCUT2D eigenvalue weighted by molar-refractivity contribution is 6.19. The van der Waals surface area contributed by atoms with E-state index in [1.54, 1.807) is 0 Å². The number of hydrogen-bond donors (Lipinski definition) is 0. The van der Waals surface area contributed by atoms with E-state index in [1.165, 1.54) is 0 Å². The van der Waals surface area contributed by atoms with Gasteiger partial charge in [-0.1, -0.05) is 109 Å². The molecule has 48 heavy (non-hydrogen) atoms. The van der Waals surface area contributed by atoms with E-state index in [4.69, 9.17) is 9.97 Å². The van der Waals surface area contributed by atoms with Gasteiger partial charge in [-0.15, -0.1) is 0 Å². The molecule has 0 saturated carbocycles. The summed E-state index contributed by atoms with van der Waals surface area (Å²) in [6.07, 6.45) is 0. The molecule has 224 valence electrons. The van der Waals surface area contributed by atoms with Crippen molar-refractivity contribution in [2.75, 3.05) is 0 Å². The van der Waals surface area contributed by atoms with Gasteiger partial charge in [-0.2, -0.15) is 0 Å². The Hall–Kier alpha value is -6.59. The van der Waals surface area contributed by atoms with Crippen molar-refractivity contribution in [1.82, 2.24) is 19.1 Å². The quantitative estimate of drug-likeness (QED) is 0.186. The lowest BCUT2D eigenvalue weighted by atomic mass is 10.0. The summed E-state index contributed by atoms with van der Waals surface area (Å²) in [5, 5.41) is 8.10. The second-order valence-corrected chi connectivity index (χ2v) is 12.2. The van der Waals surface area contributed by atoms with Gasteiger partial charge < -0.3 is 0 Å². The predicted octanol–water partition coefficient (Wildman–Crippen LogP) is 10.0. The molecule has 0 aliphatic heterocycles. The van der Waals surface area contributed by atoms with Gasteiger partial charge in [0, 0.05) is 38.2 Å². The van der Waals surface area contributed by atoms with Crippen LogP contribution in [0.2, 0.25) is 0 Å². The molecule has 10 aromatic rings. The highest BCUT2D eigenvalue weighted by Gasteiger charge is 2.21. The highest BCUT2D eigenvalue weighted by Crippen LogP contribution is 2.39. The molecule has 7 aromatic carbocycles. The van der Waals surface area contributed by atoms with Gasteiger partial charge in [0.1, 0.15) is 0 Å². The number of pyridine rings is 1. The number of rotatable bonds is 3. The topological polar surface area (TPSA) is 52.7 Å². The van der Waals surface area contributed by atoms with Gasteiger partial charge in [-0.3, -0.25) is 13.9 Å². The third kappa shape index (κ3) is 3.88. The van der Waals surface area contributed by atoms with Gasteiger partial charge in [-0.05, 0) is 64.7 Å². The van der Waals surface area contributed by atoms with E-state index in [-0.39, 0.29) is 5.56 Å². The first-order valence-electron chi connectivity index (χ1n) is 16.1. The maximum absolute atomic E-state index is 14.2. The fraction of sp³-hybridized carbons (Fsp3) is 0. The molecular weight excluding hydrogens is 589 g/mol.